The minimum absolute atomic E-state index is 0.00631. The van der Waals surface area contributed by atoms with Gasteiger partial charge in [0, 0.05) is 48.1 Å². The van der Waals surface area contributed by atoms with Crippen LogP contribution in [0.5, 0.6) is 5.88 Å². The number of aromatic carboxylic acids is 1. The zero-order valence-electron chi connectivity index (χ0n) is 24.6. The smallest absolute Gasteiger partial charge is 0.335 e. The summed E-state index contributed by atoms with van der Waals surface area (Å²) in [5.74, 6) is 5.48. The molecule has 3 rings (SSSR count). The Balaban J connectivity index is 1.88. The van der Waals surface area contributed by atoms with Crippen molar-refractivity contribution < 1.29 is 14.6 Å². The van der Waals surface area contributed by atoms with Crippen molar-refractivity contribution in [1.29, 1.82) is 0 Å². The number of ether oxygens (including phenoxy) is 1. The van der Waals surface area contributed by atoms with Crippen molar-refractivity contribution in [3.8, 4) is 17.1 Å². The SMILES string of the molecule is Cc1cccc(C)c1-c1cc(OCC(CC(C)(C)C)NC/C(N)=C/N(C)N)nc(NSc2cccc(C(=O)O)c2)n1. The number of anilines is 1. The lowest BCUT2D eigenvalue weighted by Gasteiger charge is -2.27. The summed E-state index contributed by atoms with van der Waals surface area (Å²) in [6, 6.07) is 14.6. The van der Waals surface area contributed by atoms with Gasteiger partial charge in [0.15, 0.2) is 0 Å². The van der Waals surface area contributed by atoms with E-state index in [0.717, 1.165) is 33.7 Å². The zero-order valence-corrected chi connectivity index (χ0v) is 25.4. The monoisotopic (exact) mass is 579 g/mol. The van der Waals surface area contributed by atoms with Crippen LogP contribution in [0.4, 0.5) is 5.95 Å². The van der Waals surface area contributed by atoms with Crippen molar-refractivity contribution in [2.45, 2.75) is 52.0 Å². The molecule has 220 valence electrons. The van der Waals surface area contributed by atoms with Gasteiger partial charge < -0.3 is 25.9 Å². The van der Waals surface area contributed by atoms with E-state index in [2.05, 4.69) is 35.8 Å². The number of hydrazine groups is 1. The van der Waals surface area contributed by atoms with Crippen molar-refractivity contribution in [3.63, 3.8) is 0 Å². The average Bonchev–Trinajstić information content (AvgIpc) is 2.88. The van der Waals surface area contributed by atoms with Crippen molar-refractivity contribution in [3.05, 3.63) is 77.1 Å². The summed E-state index contributed by atoms with van der Waals surface area (Å²) in [4.78, 5) is 21.5. The lowest BCUT2D eigenvalue weighted by Crippen LogP contribution is -2.40. The Kier molecular flexibility index (Phi) is 11.0. The Morgan fingerprint density at radius 3 is 2.46 bits per heavy atom. The number of hydrogen-bond donors (Lipinski definition) is 5. The molecule has 1 unspecified atom stereocenters. The average molecular weight is 580 g/mol. The molecule has 1 atom stereocenters. The van der Waals surface area contributed by atoms with Gasteiger partial charge in [-0.05, 0) is 67.0 Å². The molecule has 7 N–H and O–H groups in total. The van der Waals surface area contributed by atoms with Gasteiger partial charge in [-0.3, -0.25) is 4.72 Å². The Hall–Kier alpha value is -3.80. The van der Waals surface area contributed by atoms with Gasteiger partial charge in [0.05, 0.1) is 11.3 Å². The van der Waals surface area contributed by atoms with Gasteiger partial charge in [0.25, 0.3) is 0 Å². The number of nitrogens with zero attached hydrogens (tertiary/aromatic N) is 3. The summed E-state index contributed by atoms with van der Waals surface area (Å²) in [5.41, 5.74) is 10.9. The Morgan fingerprint density at radius 2 is 1.83 bits per heavy atom. The van der Waals surface area contributed by atoms with Crippen LogP contribution in [-0.4, -0.2) is 52.3 Å². The third kappa shape index (κ3) is 10.3. The molecule has 41 heavy (non-hydrogen) atoms. The fraction of sp³-hybridized carbons (Fsp3) is 0.367. The van der Waals surface area contributed by atoms with Crippen LogP contribution in [0.25, 0.3) is 11.3 Å². The molecule has 0 aliphatic rings. The molecule has 10 nitrogen and oxygen atoms in total. The molecular formula is C30H41N7O3S. The maximum Gasteiger partial charge on any atom is 0.335 e. The third-order valence-corrected chi connectivity index (χ3v) is 6.81. The number of carbonyl (C=O) groups is 1. The van der Waals surface area contributed by atoms with Crippen LogP contribution in [0.15, 0.2) is 65.3 Å². The number of carboxylic acids is 1. The highest BCUT2D eigenvalue weighted by Crippen LogP contribution is 2.30. The highest BCUT2D eigenvalue weighted by molar-refractivity contribution is 8.00. The van der Waals surface area contributed by atoms with E-state index in [0.29, 0.717) is 30.7 Å². The van der Waals surface area contributed by atoms with Crippen LogP contribution in [-0.2, 0) is 0 Å². The second-order valence-electron chi connectivity index (χ2n) is 11.2. The lowest BCUT2D eigenvalue weighted by molar-refractivity contribution is 0.0696. The second kappa shape index (κ2) is 14.2. The van der Waals surface area contributed by atoms with Crippen LogP contribution in [0.2, 0.25) is 0 Å². The first-order chi connectivity index (χ1) is 19.3. The Morgan fingerprint density at radius 1 is 1.15 bits per heavy atom. The first-order valence-corrected chi connectivity index (χ1v) is 14.1. The van der Waals surface area contributed by atoms with Crippen LogP contribution in [0.1, 0.15) is 48.7 Å². The predicted octanol–water partition coefficient (Wildman–Crippen LogP) is 4.96. The summed E-state index contributed by atoms with van der Waals surface area (Å²) in [6.07, 6.45) is 2.51. The van der Waals surface area contributed by atoms with Crippen molar-refractivity contribution in [1.82, 2.24) is 20.3 Å². The summed E-state index contributed by atoms with van der Waals surface area (Å²) in [6.45, 7) is 11.4. The van der Waals surface area contributed by atoms with E-state index in [9.17, 15) is 9.90 Å². The van der Waals surface area contributed by atoms with Crippen molar-refractivity contribution in [2.24, 2.45) is 17.0 Å². The molecule has 0 aliphatic heterocycles. The largest absolute Gasteiger partial charge is 0.478 e. The number of nitrogens with one attached hydrogen (secondary N) is 2. The van der Waals surface area contributed by atoms with Gasteiger partial charge in [-0.2, -0.15) is 4.98 Å². The topological polar surface area (TPSA) is 152 Å². The van der Waals surface area contributed by atoms with E-state index >= 15 is 0 Å². The molecule has 11 heteroatoms. The number of rotatable bonds is 13. The number of benzene rings is 2. The maximum atomic E-state index is 11.4. The first-order valence-electron chi connectivity index (χ1n) is 13.3. The van der Waals surface area contributed by atoms with Gasteiger partial charge in [-0.25, -0.2) is 15.6 Å². The molecule has 0 saturated heterocycles. The van der Waals surface area contributed by atoms with Gasteiger partial charge >= 0.3 is 5.97 Å². The molecule has 1 heterocycles. The number of aromatic nitrogens is 2. The van der Waals surface area contributed by atoms with Crippen molar-refractivity contribution >= 4 is 23.9 Å². The molecule has 0 fully saturated rings. The quantitative estimate of drug-likeness (QED) is 0.106. The van der Waals surface area contributed by atoms with E-state index < -0.39 is 5.97 Å². The minimum Gasteiger partial charge on any atom is -0.478 e. The normalized spacial score (nSPS) is 12.6. The number of hydrogen-bond acceptors (Lipinski definition) is 10. The zero-order chi connectivity index (χ0) is 30.2. The number of aryl methyl sites for hydroxylation is 2. The lowest BCUT2D eigenvalue weighted by atomic mass is 9.88. The van der Waals surface area contributed by atoms with Gasteiger partial charge in [0.1, 0.15) is 6.61 Å². The predicted molar refractivity (Wildman–Crippen MR) is 165 cm³/mol. The van der Waals surface area contributed by atoms with Crippen LogP contribution >= 0.6 is 11.9 Å². The molecular weight excluding hydrogens is 538 g/mol. The molecule has 3 aromatic rings. The highest BCUT2D eigenvalue weighted by atomic mass is 32.2. The molecule has 0 radical (unpaired) electrons. The molecule has 2 aromatic carbocycles. The third-order valence-electron chi connectivity index (χ3n) is 6.04. The summed E-state index contributed by atoms with van der Waals surface area (Å²) in [5, 5.41) is 14.2. The van der Waals surface area contributed by atoms with E-state index in [1.807, 2.05) is 44.2 Å². The summed E-state index contributed by atoms with van der Waals surface area (Å²) in [7, 11) is 1.72. The van der Waals surface area contributed by atoms with Gasteiger partial charge in [-0.15, -0.1) is 0 Å². The van der Waals surface area contributed by atoms with E-state index in [1.54, 1.807) is 31.4 Å². The van der Waals surface area contributed by atoms with Gasteiger partial charge in [-0.1, -0.05) is 45.0 Å². The van der Waals surface area contributed by atoms with E-state index in [1.165, 1.54) is 17.0 Å². The fourth-order valence-corrected chi connectivity index (χ4v) is 5.01. The second-order valence-corrected chi connectivity index (χ2v) is 12.1. The first kappa shape index (κ1) is 31.7. The number of carboxylic acid groups (broad SMARTS) is 1. The molecule has 0 aliphatic carbocycles. The van der Waals surface area contributed by atoms with Crippen LogP contribution in [0, 0.1) is 19.3 Å². The summed E-state index contributed by atoms with van der Waals surface area (Å²) < 4.78 is 9.44. The maximum absolute atomic E-state index is 11.4. The fourth-order valence-electron chi connectivity index (χ4n) is 4.37. The number of nitrogens with two attached hydrogens (primary N) is 2. The minimum atomic E-state index is -0.984. The van der Waals surface area contributed by atoms with E-state index in [-0.39, 0.29) is 17.0 Å². The van der Waals surface area contributed by atoms with Crippen molar-refractivity contribution in [2.75, 3.05) is 24.9 Å². The molecule has 0 bridgehead atoms. The molecule has 0 saturated carbocycles. The summed E-state index contributed by atoms with van der Waals surface area (Å²) >= 11 is 1.23. The molecule has 0 amide bonds. The molecule has 1 aromatic heterocycles. The van der Waals surface area contributed by atoms with E-state index in [4.69, 9.17) is 21.3 Å². The van der Waals surface area contributed by atoms with Gasteiger partial charge in [0.2, 0.25) is 11.8 Å². The highest BCUT2D eigenvalue weighted by Gasteiger charge is 2.20. The Bertz CT molecular complexity index is 1350. The standard InChI is InChI=1S/C30H41N7O3S/c1-19-9-7-10-20(2)27(19)25-14-26(35-29(34-25)36-41-24-12-8-11-21(13-24)28(38)39)40-18-23(15-30(3,4)5)33-16-22(31)17-37(6)32/h7-14,17,23,33H,15-16,18,31-32H2,1-6H3,(H,38,39)(H,34,35,36)/b22-17-. The molecule has 0 spiro atoms. The van der Waals surface area contributed by atoms with Crippen LogP contribution < -0.4 is 26.4 Å². The van der Waals surface area contributed by atoms with Crippen LogP contribution in [0.3, 0.4) is 0 Å². The Labute approximate surface area is 246 Å².